The summed E-state index contributed by atoms with van der Waals surface area (Å²) < 4.78 is 6.17. The monoisotopic (exact) mass is 546 g/mol. The first-order valence-electron chi connectivity index (χ1n) is 13.5. The molecule has 8 heteroatoms. The number of ketones is 1. The first-order valence-corrected chi connectivity index (χ1v) is 13.9. The van der Waals surface area contributed by atoms with E-state index >= 15 is 0 Å². The third kappa shape index (κ3) is 6.09. The fourth-order valence-corrected chi connectivity index (χ4v) is 5.87. The fourth-order valence-electron chi connectivity index (χ4n) is 5.74. The summed E-state index contributed by atoms with van der Waals surface area (Å²) in [7, 11) is 0. The molecule has 0 saturated carbocycles. The molecule has 1 amide bonds. The summed E-state index contributed by atoms with van der Waals surface area (Å²) in [5, 5.41) is 0.698. The van der Waals surface area contributed by atoms with Crippen LogP contribution in [0.15, 0.2) is 60.9 Å². The number of halogens is 1. The van der Waals surface area contributed by atoms with Gasteiger partial charge < -0.3 is 14.5 Å². The number of anilines is 1. The lowest BCUT2D eigenvalue weighted by molar-refractivity contribution is -0.135. The lowest BCUT2D eigenvalue weighted by Crippen LogP contribution is -2.43. The maximum Gasteiger partial charge on any atom is 0.225 e. The third-order valence-electron chi connectivity index (χ3n) is 8.14. The van der Waals surface area contributed by atoms with Crippen molar-refractivity contribution in [1.29, 1.82) is 0 Å². The Labute approximate surface area is 235 Å². The van der Waals surface area contributed by atoms with Gasteiger partial charge in [-0.1, -0.05) is 36.7 Å². The molecule has 7 nitrogen and oxygen atoms in total. The van der Waals surface area contributed by atoms with Gasteiger partial charge in [0.2, 0.25) is 11.8 Å². The first kappa shape index (κ1) is 27.1. The standard InChI is InChI=1S/C31H35ClN4O3/c1-21-4-11-29(34-16-21)39-20-31(3)19-36(18-27(31)23-5-8-26(32)9-6-23)30(38)24-12-14-35(15-13-24)28-10-7-25(17-33-28)22(2)37/h4-11,16-17,24,27H,12-15,18-20H2,1-3H3/t27-,31-/m1/s1. The number of carbonyl (C=O) groups excluding carboxylic acids is 2. The van der Waals surface area contributed by atoms with E-state index in [0.29, 0.717) is 36.2 Å². The number of amides is 1. The highest BCUT2D eigenvalue weighted by molar-refractivity contribution is 6.30. The van der Waals surface area contributed by atoms with Crippen molar-refractivity contribution in [2.24, 2.45) is 11.3 Å². The molecule has 0 unspecified atom stereocenters. The average Bonchev–Trinajstić information content (AvgIpc) is 3.30. The molecule has 4 heterocycles. The molecule has 0 bridgehead atoms. The highest BCUT2D eigenvalue weighted by Gasteiger charge is 2.47. The van der Waals surface area contributed by atoms with Gasteiger partial charge in [-0.05, 0) is 62.1 Å². The highest BCUT2D eigenvalue weighted by atomic mass is 35.5. The molecule has 0 aliphatic carbocycles. The Balaban J connectivity index is 1.26. The van der Waals surface area contributed by atoms with E-state index < -0.39 is 0 Å². The van der Waals surface area contributed by atoms with Crippen LogP contribution in [0.3, 0.4) is 0 Å². The molecule has 2 aromatic heterocycles. The van der Waals surface area contributed by atoms with E-state index in [0.717, 1.165) is 42.9 Å². The minimum atomic E-state index is -0.279. The summed E-state index contributed by atoms with van der Waals surface area (Å²) in [5.41, 5.74) is 2.57. The average molecular weight is 547 g/mol. The SMILES string of the molecule is CC(=O)c1ccc(N2CCC(C(=O)N3C[C@H](c4ccc(Cl)cc4)[C@@](C)(COc4ccc(C)cn4)C3)CC2)nc1. The molecule has 0 radical (unpaired) electrons. The van der Waals surface area contributed by atoms with Gasteiger partial charge in [0.1, 0.15) is 5.82 Å². The molecule has 0 N–H and O–H groups in total. The van der Waals surface area contributed by atoms with Crippen LogP contribution in [0, 0.1) is 18.3 Å². The van der Waals surface area contributed by atoms with Crippen molar-refractivity contribution in [2.75, 3.05) is 37.7 Å². The van der Waals surface area contributed by atoms with Gasteiger partial charge >= 0.3 is 0 Å². The van der Waals surface area contributed by atoms with E-state index in [1.165, 1.54) is 0 Å². The number of benzene rings is 1. The van der Waals surface area contributed by atoms with Gasteiger partial charge in [-0.15, -0.1) is 0 Å². The van der Waals surface area contributed by atoms with Gasteiger partial charge in [0, 0.05) is 72.5 Å². The molecule has 2 atom stereocenters. The van der Waals surface area contributed by atoms with E-state index in [9.17, 15) is 9.59 Å². The van der Waals surface area contributed by atoms with Gasteiger partial charge in [0.15, 0.2) is 5.78 Å². The van der Waals surface area contributed by atoms with Crippen LogP contribution in [-0.4, -0.2) is 59.3 Å². The zero-order chi connectivity index (χ0) is 27.6. The van der Waals surface area contributed by atoms with Gasteiger partial charge in [-0.2, -0.15) is 0 Å². The molecule has 0 spiro atoms. The number of pyridine rings is 2. The van der Waals surface area contributed by atoms with Crippen LogP contribution >= 0.6 is 11.6 Å². The lowest BCUT2D eigenvalue weighted by Gasteiger charge is -2.34. The zero-order valence-corrected chi connectivity index (χ0v) is 23.5. The number of carbonyl (C=O) groups is 2. The number of piperidine rings is 1. The first-order chi connectivity index (χ1) is 18.7. The summed E-state index contributed by atoms with van der Waals surface area (Å²) >= 11 is 6.18. The summed E-state index contributed by atoms with van der Waals surface area (Å²) in [6, 6.07) is 15.5. The number of ether oxygens (including phenoxy) is 1. The van der Waals surface area contributed by atoms with Crippen molar-refractivity contribution >= 4 is 29.1 Å². The maximum absolute atomic E-state index is 13.8. The van der Waals surface area contributed by atoms with Crippen molar-refractivity contribution in [1.82, 2.24) is 14.9 Å². The van der Waals surface area contributed by atoms with Gasteiger partial charge in [0.25, 0.3) is 0 Å². The molecule has 2 fully saturated rings. The second-order valence-corrected chi connectivity index (χ2v) is 11.6. The normalized spacial score (nSPS) is 21.7. The van der Waals surface area contributed by atoms with Crippen LogP contribution in [0.25, 0.3) is 0 Å². The predicted octanol–water partition coefficient (Wildman–Crippen LogP) is 5.57. The van der Waals surface area contributed by atoms with Crippen LogP contribution in [0.4, 0.5) is 5.82 Å². The fraction of sp³-hybridized carbons (Fsp3) is 0.419. The molecule has 2 saturated heterocycles. The van der Waals surface area contributed by atoms with Crippen molar-refractivity contribution in [3.8, 4) is 5.88 Å². The predicted molar refractivity (Wildman–Crippen MR) is 153 cm³/mol. The van der Waals surface area contributed by atoms with Crippen LogP contribution < -0.4 is 9.64 Å². The molecule has 1 aromatic carbocycles. The number of hydrogen-bond acceptors (Lipinski definition) is 6. The Bertz CT molecular complexity index is 1310. The number of Topliss-reactive ketones (excluding diaryl/α,β-unsaturated/α-hetero) is 1. The summed E-state index contributed by atoms with van der Waals surface area (Å²) in [6.45, 7) is 9.00. The van der Waals surface area contributed by atoms with E-state index in [1.807, 2.05) is 48.2 Å². The smallest absolute Gasteiger partial charge is 0.225 e. The van der Waals surface area contributed by atoms with Crippen LogP contribution in [0.2, 0.25) is 5.02 Å². The Kier molecular flexibility index (Phi) is 7.89. The van der Waals surface area contributed by atoms with Crippen LogP contribution in [0.5, 0.6) is 5.88 Å². The Morgan fingerprint density at radius 3 is 2.38 bits per heavy atom. The topological polar surface area (TPSA) is 75.6 Å². The van der Waals surface area contributed by atoms with E-state index in [1.54, 1.807) is 19.3 Å². The molecule has 204 valence electrons. The third-order valence-corrected chi connectivity index (χ3v) is 8.39. The molecule has 2 aliphatic rings. The van der Waals surface area contributed by atoms with Gasteiger partial charge in [-0.25, -0.2) is 9.97 Å². The van der Waals surface area contributed by atoms with Crippen molar-refractivity contribution in [2.45, 2.75) is 39.5 Å². The van der Waals surface area contributed by atoms with Crippen LogP contribution in [-0.2, 0) is 4.79 Å². The molecule has 5 rings (SSSR count). The second-order valence-electron chi connectivity index (χ2n) is 11.2. The lowest BCUT2D eigenvalue weighted by atomic mass is 9.77. The number of rotatable bonds is 7. The minimum absolute atomic E-state index is 0.00778. The Morgan fingerprint density at radius 2 is 1.77 bits per heavy atom. The van der Waals surface area contributed by atoms with E-state index in [4.69, 9.17) is 16.3 Å². The molecule has 2 aliphatic heterocycles. The molecule has 39 heavy (non-hydrogen) atoms. The minimum Gasteiger partial charge on any atom is -0.477 e. The molecule has 3 aromatic rings. The maximum atomic E-state index is 13.8. The van der Waals surface area contributed by atoms with Crippen molar-refractivity contribution in [3.63, 3.8) is 0 Å². The number of aromatic nitrogens is 2. The quantitative estimate of drug-likeness (QED) is 0.361. The largest absolute Gasteiger partial charge is 0.477 e. The second kappa shape index (κ2) is 11.3. The van der Waals surface area contributed by atoms with Gasteiger partial charge in [0.05, 0.1) is 6.61 Å². The summed E-state index contributed by atoms with van der Waals surface area (Å²) in [5.74, 6) is 1.76. The summed E-state index contributed by atoms with van der Waals surface area (Å²) in [6.07, 6.45) is 4.98. The summed E-state index contributed by atoms with van der Waals surface area (Å²) in [4.78, 5) is 38.4. The van der Waals surface area contributed by atoms with Crippen molar-refractivity contribution in [3.05, 3.63) is 82.6 Å². The number of nitrogens with zero attached hydrogens (tertiary/aromatic N) is 4. The Morgan fingerprint density at radius 1 is 1.03 bits per heavy atom. The molecular weight excluding hydrogens is 512 g/mol. The molecular formula is C31H35ClN4O3. The number of aryl methyl sites for hydroxylation is 1. The van der Waals surface area contributed by atoms with Gasteiger partial charge in [-0.3, -0.25) is 9.59 Å². The van der Waals surface area contributed by atoms with Crippen LogP contribution in [0.1, 0.15) is 54.1 Å². The highest BCUT2D eigenvalue weighted by Crippen LogP contribution is 2.44. The number of likely N-dealkylation sites (tertiary alicyclic amines) is 1. The zero-order valence-electron chi connectivity index (χ0n) is 22.8. The Hall–Kier alpha value is -3.45. The van der Waals surface area contributed by atoms with E-state index in [-0.39, 0.29) is 28.9 Å². The number of hydrogen-bond donors (Lipinski definition) is 0. The van der Waals surface area contributed by atoms with E-state index in [2.05, 4.69) is 33.9 Å². The van der Waals surface area contributed by atoms with Crippen molar-refractivity contribution < 1.29 is 14.3 Å².